The van der Waals surface area contributed by atoms with E-state index in [1.165, 1.54) is 32.9 Å². The molecule has 0 radical (unpaired) electrons. The fourth-order valence-corrected chi connectivity index (χ4v) is 6.35. The average Bonchev–Trinajstić information content (AvgIpc) is 3.85. The molecule has 280 valence electrons. The fourth-order valence-electron chi connectivity index (χ4n) is 6.19. The van der Waals surface area contributed by atoms with E-state index in [-0.39, 0.29) is 37.7 Å². The number of anilines is 3. The molecule has 0 saturated carbocycles. The molecule has 5 aromatic rings. The highest BCUT2D eigenvalue weighted by Crippen LogP contribution is 2.30. The van der Waals surface area contributed by atoms with Crippen molar-refractivity contribution in [3.63, 3.8) is 0 Å². The molecule has 2 aromatic heterocycles. The van der Waals surface area contributed by atoms with Crippen molar-refractivity contribution in [1.82, 2.24) is 35.4 Å². The van der Waals surface area contributed by atoms with Crippen LogP contribution in [0.5, 0.6) is 0 Å². The summed E-state index contributed by atoms with van der Waals surface area (Å²) < 4.78 is 1.34. The molecule has 3 unspecified atom stereocenters. The van der Waals surface area contributed by atoms with Gasteiger partial charge in [0.2, 0.25) is 5.91 Å². The SMILES string of the molecule is CCC(C)C(CO)NC(=O)Nc1ccc(CC(C(=O)Nc2ccc3[nH]c(C(=O)O)cc3c2)N2CCN(c3cc(Cl)ccc3-n3cnnn3)C(=O)C2=O)cc1. The van der Waals surface area contributed by atoms with E-state index < -0.39 is 41.8 Å². The van der Waals surface area contributed by atoms with Crippen LogP contribution >= 0.6 is 11.6 Å². The zero-order valence-corrected chi connectivity index (χ0v) is 29.9. The molecule has 1 aliphatic rings. The number of carboxylic acid groups (broad SMARTS) is 1. The minimum atomic E-state index is -1.17. The van der Waals surface area contributed by atoms with Gasteiger partial charge in [-0.15, -0.1) is 5.10 Å². The number of hydrogen-bond donors (Lipinski definition) is 6. The third-order valence-corrected chi connectivity index (χ3v) is 9.60. The maximum Gasteiger partial charge on any atom is 0.352 e. The predicted molar refractivity (Wildman–Crippen MR) is 199 cm³/mol. The minimum absolute atomic E-state index is 0.000529. The lowest BCUT2D eigenvalue weighted by Gasteiger charge is -2.38. The van der Waals surface area contributed by atoms with Gasteiger partial charge in [0.25, 0.3) is 0 Å². The van der Waals surface area contributed by atoms with Crippen molar-refractivity contribution >= 4 is 69.3 Å². The van der Waals surface area contributed by atoms with Crippen LogP contribution in [0.3, 0.4) is 0 Å². The summed E-state index contributed by atoms with van der Waals surface area (Å²) >= 11 is 6.29. The molecule has 5 amide bonds. The summed E-state index contributed by atoms with van der Waals surface area (Å²) in [6, 6.07) is 15.6. The van der Waals surface area contributed by atoms with E-state index in [1.807, 2.05) is 13.8 Å². The summed E-state index contributed by atoms with van der Waals surface area (Å²) in [5.41, 5.74) is 2.67. The number of aromatic amines is 1. The van der Waals surface area contributed by atoms with Crippen LogP contribution in [0.4, 0.5) is 21.9 Å². The van der Waals surface area contributed by atoms with Gasteiger partial charge in [0.15, 0.2) is 0 Å². The number of carbonyl (C=O) groups is 5. The number of rotatable bonds is 13. The number of benzene rings is 3. The van der Waals surface area contributed by atoms with Crippen molar-refractivity contribution in [2.45, 2.75) is 38.8 Å². The molecule has 3 atom stereocenters. The number of halogens is 1. The van der Waals surface area contributed by atoms with Crippen molar-refractivity contribution in [2.75, 3.05) is 35.2 Å². The van der Waals surface area contributed by atoms with Crippen molar-refractivity contribution in [3.8, 4) is 5.69 Å². The Labute approximate surface area is 313 Å². The smallest absolute Gasteiger partial charge is 0.352 e. The van der Waals surface area contributed by atoms with Crippen LogP contribution in [0.15, 0.2) is 73.1 Å². The number of hydrogen-bond acceptors (Lipinski definition) is 9. The number of fused-ring (bicyclic) bond motifs is 1. The molecule has 0 bridgehead atoms. The third-order valence-electron chi connectivity index (χ3n) is 9.36. The maximum absolute atomic E-state index is 14.1. The molecule has 3 heterocycles. The Hall–Kier alpha value is -6.33. The number of amides is 5. The molecule has 3 aromatic carbocycles. The van der Waals surface area contributed by atoms with Crippen molar-refractivity contribution < 1.29 is 34.2 Å². The Kier molecular flexibility index (Phi) is 11.2. The van der Waals surface area contributed by atoms with Gasteiger partial charge in [-0.25, -0.2) is 9.59 Å². The molecule has 54 heavy (non-hydrogen) atoms. The second-order valence-electron chi connectivity index (χ2n) is 12.8. The van der Waals surface area contributed by atoms with Crippen LogP contribution in [-0.2, 0) is 20.8 Å². The second kappa shape index (κ2) is 16.1. The highest BCUT2D eigenvalue weighted by atomic mass is 35.5. The number of nitrogens with zero attached hydrogens (tertiary/aromatic N) is 6. The van der Waals surface area contributed by atoms with E-state index in [2.05, 4.69) is 36.5 Å². The van der Waals surface area contributed by atoms with E-state index in [0.717, 1.165) is 6.42 Å². The second-order valence-corrected chi connectivity index (χ2v) is 13.2. The Balaban J connectivity index is 1.25. The summed E-state index contributed by atoms with van der Waals surface area (Å²) in [5, 5.41) is 39.5. The number of piperazine rings is 1. The number of H-pyrrole nitrogens is 1. The number of carboxylic acids is 1. The highest BCUT2D eigenvalue weighted by Gasteiger charge is 2.40. The molecule has 6 N–H and O–H groups in total. The fraction of sp³-hybridized carbons (Fsp3) is 0.278. The zero-order chi connectivity index (χ0) is 38.5. The Morgan fingerprint density at radius 1 is 0.944 bits per heavy atom. The van der Waals surface area contributed by atoms with Crippen molar-refractivity contribution in [3.05, 3.63) is 89.3 Å². The van der Waals surface area contributed by atoms with Gasteiger partial charge in [0.05, 0.1) is 24.0 Å². The molecule has 1 saturated heterocycles. The van der Waals surface area contributed by atoms with Crippen LogP contribution in [0.2, 0.25) is 5.02 Å². The van der Waals surface area contributed by atoms with Crippen LogP contribution < -0.4 is 20.9 Å². The Morgan fingerprint density at radius 3 is 2.39 bits per heavy atom. The van der Waals surface area contributed by atoms with Crippen molar-refractivity contribution in [2.24, 2.45) is 5.92 Å². The van der Waals surface area contributed by atoms with Gasteiger partial charge in [-0.05, 0) is 76.5 Å². The summed E-state index contributed by atoms with van der Waals surface area (Å²) in [6.07, 6.45) is 2.11. The summed E-state index contributed by atoms with van der Waals surface area (Å²) in [7, 11) is 0. The van der Waals surface area contributed by atoms with E-state index in [9.17, 15) is 34.2 Å². The number of nitrogens with one attached hydrogen (secondary N) is 4. The normalized spacial score (nSPS) is 14.8. The molecule has 1 fully saturated rings. The van der Waals surface area contributed by atoms with E-state index in [0.29, 0.717) is 44.2 Å². The van der Waals surface area contributed by atoms with Gasteiger partial charge < -0.3 is 40.9 Å². The lowest BCUT2D eigenvalue weighted by Crippen LogP contribution is -2.60. The van der Waals surface area contributed by atoms with E-state index in [4.69, 9.17) is 11.6 Å². The van der Waals surface area contributed by atoms with Crippen LogP contribution in [0.1, 0.15) is 36.3 Å². The number of aromatic carboxylic acids is 1. The van der Waals surface area contributed by atoms with Gasteiger partial charge in [0, 0.05) is 46.8 Å². The van der Waals surface area contributed by atoms with Gasteiger partial charge in [0.1, 0.15) is 18.1 Å². The van der Waals surface area contributed by atoms with Gasteiger partial charge in [-0.3, -0.25) is 14.4 Å². The first kappa shape index (κ1) is 37.4. The number of carbonyl (C=O) groups excluding carboxylic acids is 4. The van der Waals surface area contributed by atoms with Gasteiger partial charge in [-0.2, -0.15) is 4.68 Å². The Morgan fingerprint density at radius 2 is 1.70 bits per heavy atom. The monoisotopic (exact) mass is 756 g/mol. The summed E-state index contributed by atoms with van der Waals surface area (Å²) in [6.45, 7) is 3.68. The first-order valence-corrected chi connectivity index (χ1v) is 17.4. The first-order chi connectivity index (χ1) is 25.9. The lowest BCUT2D eigenvalue weighted by molar-refractivity contribution is -0.149. The predicted octanol–water partition coefficient (Wildman–Crippen LogP) is 3.45. The largest absolute Gasteiger partial charge is 0.477 e. The van der Waals surface area contributed by atoms with Crippen molar-refractivity contribution in [1.29, 1.82) is 0 Å². The number of aliphatic hydroxyl groups excluding tert-OH is 1. The number of urea groups is 1. The average molecular weight is 757 g/mol. The van der Waals surface area contributed by atoms with Crippen LogP contribution in [0, 0.1) is 5.92 Å². The van der Waals surface area contributed by atoms with Gasteiger partial charge >= 0.3 is 23.8 Å². The topological polar surface area (TPSA) is 228 Å². The summed E-state index contributed by atoms with van der Waals surface area (Å²) in [5.74, 6) is -3.48. The molecular formula is C36H37ClN10O7. The van der Waals surface area contributed by atoms with Gasteiger partial charge in [-0.1, -0.05) is 44.0 Å². The highest BCUT2D eigenvalue weighted by molar-refractivity contribution is 6.41. The number of aliphatic hydroxyl groups is 1. The third kappa shape index (κ3) is 8.16. The Bertz CT molecular complexity index is 2190. The quantitative estimate of drug-likeness (QED) is 0.0959. The first-order valence-electron chi connectivity index (χ1n) is 17.0. The lowest BCUT2D eigenvalue weighted by atomic mass is 10.0. The summed E-state index contributed by atoms with van der Waals surface area (Å²) in [4.78, 5) is 71.2. The van der Waals surface area contributed by atoms with E-state index in [1.54, 1.807) is 54.6 Å². The van der Waals surface area contributed by atoms with Crippen LogP contribution in [-0.4, -0.2) is 102 Å². The molecule has 18 heteroatoms. The molecule has 17 nitrogen and oxygen atoms in total. The standard InChI is InChI=1S/C36H37ClN10O7/c1-3-20(2)28(18-48)42-36(54)40-24-7-4-21(5-8-24)14-31(32(49)39-25-9-10-26-22(15-25)16-27(41-26)35(52)53)46-13-12-45(33(50)34(46)51)30-17-23(37)6-11-29(30)47-19-38-43-44-47/h4-11,15-17,19-20,28,31,41,48H,3,12-14,18H2,1-2H3,(H,39,49)(H,52,53)(H2,40,42,54). The van der Waals surface area contributed by atoms with Crippen LogP contribution in [0.25, 0.3) is 16.6 Å². The number of tetrazole rings is 1. The molecular weight excluding hydrogens is 720 g/mol. The number of aromatic nitrogens is 5. The maximum atomic E-state index is 14.1. The molecule has 1 aliphatic heterocycles. The molecule has 6 rings (SSSR count). The molecule has 0 aliphatic carbocycles. The molecule has 0 spiro atoms. The minimum Gasteiger partial charge on any atom is -0.477 e. The zero-order valence-electron chi connectivity index (χ0n) is 29.2. The van der Waals surface area contributed by atoms with E-state index >= 15 is 0 Å².